The van der Waals surface area contributed by atoms with Gasteiger partial charge in [-0.1, -0.05) is 6.92 Å². The number of aliphatic carboxylic acids is 1. The Bertz CT molecular complexity index is 464. The van der Waals surface area contributed by atoms with Crippen LogP contribution < -0.4 is 0 Å². The van der Waals surface area contributed by atoms with Crippen LogP contribution in [0, 0.1) is 5.92 Å². The molecule has 0 fully saturated rings. The Labute approximate surface area is 125 Å². The van der Waals surface area contributed by atoms with E-state index in [2.05, 4.69) is 4.98 Å². The number of likely N-dealkylation sites (N-methyl/N-ethyl adjacent to an activating group) is 1. The number of rotatable bonds is 7. The molecule has 0 spiro atoms. The van der Waals surface area contributed by atoms with Crippen LogP contribution in [0.4, 0.5) is 4.79 Å². The summed E-state index contributed by atoms with van der Waals surface area (Å²) in [5.41, 5.74) is 1.12. The Morgan fingerprint density at radius 1 is 1.33 bits per heavy atom. The molecule has 0 radical (unpaired) electrons. The van der Waals surface area contributed by atoms with E-state index in [1.54, 1.807) is 36.2 Å². The molecule has 2 amide bonds. The minimum atomic E-state index is -0.888. The summed E-state index contributed by atoms with van der Waals surface area (Å²) in [6, 6.07) is 3.70. The van der Waals surface area contributed by atoms with Crippen molar-refractivity contribution < 1.29 is 14.7 Å². The summed E-state index contributed by atoms with van der Waals surface area (Å²) in [6.45, 7) is 4.76. The van der Waals surface area contributed by atoms with Crippen LogP contribution in [0.25, 0.3) is 0 Å². The predicted molar refractivity (Wildman–Crippen MR) is 80.0 cm³/mol. The molecular formula is C15H23N3O3. The Morgan fingerprint density at radius 2 is 1.95 bits per heavy atom. The van der Waals surface area contributed by atoms with Crippen molar-refractivity contribution in [2.75, 3.05) is 26.7 Å². The molecule has 116 valence electrons. The third-order valence-corrected chi connectivity index (χ3v) is 3.38. The van der Waals surface area contributed by atoms with Crippen LogP contribution >= 0.6 is 0 Å². The van der Waals surface area contributed by atoms with E-state index in [4.69, 9.17) is 5.11 Å². The standard InChI is InChI=1S/C15H23N3O3/c1-4-18(11-12(2)14(19)20)15(21)17(3)10-7-13-5-8-16-9-6-13/h5-6,8-9,12H,4,7,10-11H2,1-3H3,(H,19,20). The highest BCUT2D eigenvalue weighted by atomic mass is 16.4. The van der Waals surface area contributed by atoms with Crippen molar-refractivity contribution in [3.63, 3.8) is 0 Å². The molecule has 6 nitrogen and oxygen atoms in total. The lowest BCUT2D eigenvalue weighted by atomic mass is 10.1. The normalized spacial score (nSPS) is 11.8. The first kappa shape index (κ1) is 16.9. The quantitative estimate of drug-likeness (QED) is 0.830. The van der Waals surface area contributed by atoms with Gasteiger partial charge in [-0.05, 0) is 31.0 Å². The highest BCUT2D eigenvalue weighted by molar-refractivity contribution is 5.75. The molecule has 0 aromatic carbocycles. The first-order chi connectivity index (χ1) is 9.95. The van der Waals surface area contributed by atoms with Gasteiger partial charge in [0.15, 0.2) is 0 Å². The van der Waals surface area contributed by atoms with Gasteiger partial charge >= 0.3 is 12.0 Å². The molecule has 1 heterocycles. The fraction of sp³-hybridized carbons (Fsp3) is 0.533. The molecule has 1 aromatic heterocycles. The largest absolute Gasteiger partial charge is 0.481 e. The van der Waals surface area contributed by atoms with Gasteiger partial charge in [-0.25, -0.2) is 4.79 Å². The molecule has 0 aliphatic carbocycles. The summed E-state index contributed by atoms with van der Waals surface area (Å²) < 4.78 is 0. The van der Waals surface area contributed by atoms with E-state index in [1.165, 1.54) is 0 Å². The maximum Gasteiger partial charge on any atom is 0.319 e. The summed E-state index contributed by atoms with van der Waals surface area (Å²) in [5, 5.41) is 8.94. The van der Waals surface area contributed by atoms with Gasteiger partial charge in [0.25, 0.3) is 0 Å². The van der Waals surface area contributed by atoms with Crippen molar-refractivity contribution in [3.8, 4) is 0 Å². The highest BCUT2D eigenvalue weighted by Crippen LogP contribution is 2.05. The number of hydrogen-bond acceptors (Lipinski definition) is 3. The van der Waals surface area contributed by atoms with Gasteiger partial charge in [0.2, 0.25) is 0 Å². The average molecular weight is 293 g/mol. The SMILES string of the molecule is CCN(CC(C)C(=O)O)C(=O)N(C)CCc1ccncc1. The highest BCUT2D eigenvalue weighted by Gasteiger charge is 2.21. The smallest absolute Gasteiger partial charge is 0.319 e. The second-order valence-corrected chi connectivity index (χ2v) is 5.09. The number of hydrogen-bond donors (Lipinski definition) is 1. The molecule has 1 atom stereocenters. The van der Waals surface area contributed by atoms with E-state index in [0.717, 1.165) is 12.0 Å². The topological polar surface area (TPSA) is 73.7 Å². The molecule has 0 saturated carbocycles. The zero-order valence-corrected chi connectivity index (χ0v) is 12.8. The van der Waals surface area contributed by atoms with E-state index >= 15 is 0 Å². The molecule has 0 aliphatic rings. The molecular weight excluding hydrogens is 270 g/mol. The van der Waals surface area contributed by atoms with Crippen molar-refractivity contribution in [3.05, 3.63) is 30.1 Å². The van der Waals surface area contributed by atoms with Crippen LogP contribution in [-0.2, 0) is 11.2 Å². The lowest BCUT2D eigenvalue weighted by Crippen LogP contribution is -2.44. The number of nitrogens with zero attached hydrogens (tertiary/aromatic N) is 3. The van der Waals surface area contributed by atoms with Gasteiger partial charge in [-0.2, -0.15) is 0 Å². The summed E-state index contributed by atoms with van der Waals surface area (Å²) in [5.74, 6) is -1.46. The summed E-state index contributed by atoms with van der Waals surface area (Å²) in [4.78, 5) is 30.3. The number of carbonyl (C=O) groups excluding carboxylic acids is 1. The molecule has 0 aliphatic heterocycles. The minimum absolute atomic E-state index is 0.139. The van der Waals surface area contributed by atoms with Gasteiger partial charge < -0.3 is 14.9 Å². The zero-order valence-electron chi connectivity index (χ0n) is 12.8. The van der Waals surface area contributed by atoms with Gasteiger partial charge in [0.1, 0.15) is 0 Å². The lowest BCUT2D eigenvalue weighted by Gasteiger charge is -2.28. The van der Waals surface area contributed by atoms with Crippen LogP contribution in [0.3, 0.4) is 0 Å². The molecule has 1 aromatic rings. The van der Waals surface area contributed by atoms with E-state index in [1.807, 2.05) is 19.1 Å². The number of carboxylic acids is 1. The fourth-order valence-electron chi connectivity index (χ4n) is 1.93. The lowest BCUT2D eigenvalue weighted by molar-refractivity contribution is -0.141. The second kappa shape index (κ2) is 8.24. The zero-order chi connectivity index (χ0) is 15.8. The van der Waals surface area contributed by atoms with Crippen molar-refractivity contribution in [2.45, 2.75) is 20.3 Å². The van der Waals surface area contributed by atoms with Crippen LogP contribution in [0.1, 0.15) is 19.4 Å². The van der Waals surface area contributed by atoms with E-state index < -0.39 is 11.9 Å². The van der Waals surface area contributed by atoms with Crippen LogP contribution in [0.5, 0.6) is 0 Å². The second-order valence-electron chi connectivity index (χ2n) is 5.09. The number of urea groups is 1. The van der Waals surface area contributed by atoms with Crippen molar-refractivity contribution in [2.24, 2.45) is 5.92 Å². The Hall–Kier alpha value is -2.11. The number of carboxylic acid groups (broad SMARTS) is 1. The number of aromatic nitrogens is 1. The maximum atomic E-state index is 12.3. The van der Waals surface area contributed by atoms with E-state index in [-0.39, 0.29) is 12.6 Å². The van der Waals surface area contributed by atoms with Gasteiger partial charge in [-0.15, -0.1) is 0 Å². The van der Waals surface area contributed by atoms with E-state index in [0.29, 0.717) is 13.1 Å². The van der Waals surface area contributed by atoms with Gasteiger partial charge in [0, 0.05) is 39.1 Å². The monoisotopic (exact) mass is 293 g/mol. The summed E-state index contributed by atoms with van der Waals surface area (Å²) in [7, 11) is 1.73. The average Bonchev–Trinajstić information content (AvgIpc) is 2.50. The number of pyridine rings is 1. The van der Waals surface area contributed by atoms with Crippen molar-refractivity contribution >= 4 is 12.0 Å². The molecule has 1 rings (SSSR count). The minimum Gasteiger partial charge on any atom is -0.481 e. The van der Waals surface area contributed by atoms with Crippen molar-refractivity contribution in [1.29, 1.82) is 0 Å². The maximum absolute atomic E-state index is 12.3. The third-order valence-electron chi connectivity index (χ3n) is 3.38. The number of carbonyl (C=O) groups is 2. The third kappa shape index (κ3) is 5.41. The molecule has 1 unspecified atom stereocenters. The van der Waals surface area contributed by atoms with Crippen LogP contribution in [-0.4, -0.2) is 58.6 Å². The molecule has 0 bridgehead atoms. The van der Waals surface area contributed by atoms with Gasteiger partial charge in [0.05, 0.1) is 5.92 Å². The molecule has 21 heavy (non-hydrogen) atoms. The van der Waals surface area contributed by atoms with Crippen molar-refractivity contribution in [1.82, 2.24) is 14.8 Å². The van der Waals surface area contributed by atoms with Gasteiger partial charge in [-0.3, -0.25) is 9.78 Å². The number of amides is 2. The Kier molecular flexibility index (Phi) is 6.65. The molecule has 6 heteroatoms. The first-order valence-corrected chi connectivity index (χ1v) is 7.07. The Balaban J connectivity index is 2.52. The molecule has 0 saturated heterocycles. The van der Waals surface area contributed by atoms with Crippen LogP contribution in [0.15, 0.2) is 24.5 Å². The van der Waals surface area contributed by atoms with E-state index in [9.17, 15) is 9.59 Å². The summed E-state index contributed by atoms with van der Waals surface area (Å²) in [6.07, 6.45) is 4.20. The predicted octanol–water partition coefficient (Wildman–Crippen LogP) is 1.72. The van der Waals surface area contributed by atoms with Crippen LogP contribution in [0.2, 0.25) is 0 Å². The fourth-order valence-corrected chi connectivity index (χ4v) is 1.93. The first-order valence-electron chi connectivity index (χ1n) is 7.07. The summed E-state index contributed by atoms with van der Waals surface area (Å²) >= 11 is 0. The molecule has 1 N–H and O–H groups in total. The Morgan fingerprint density at radius 3 is 2.48 bits per heavy atom.